The van der Waals surface area contributed by atoms with Crippen LogP contribution in [0.2, 0.25) is 0 Å². The zero-order chi connectivity index (χ0) is 12.9. The fourth-order valence-corrected chi connectivity index (χ4v) is 1.39. The van der Waals surface area contributed by atoms with Crippen LogP contribution in [-0.4, -0.2) is 29.3 Å². The van der Waals surface area contributed by atoms with Gasteiger partial charge < -0.3 is 14.9 Å². The summed E-state index contributed by atoms with van der Waals surface area (Å²) in [7, 11) is 0. The smallest absolute Gasteiger partial charge is 0.406 e. The topological polar surface area (TPSA) is 49.7 Å². The second-order valence-electron chi connectivity index (χ2n) is 3.57. The van der Waals surface area contributed by atoms with Gasteiger partial charge in [0, 0.05) is 6.61 Å². The van der Waals surface area contributed by atoms with Crippen LogP contribution in [0.3, 0.4) is 0 Å². The normalized spacial score (nSPS) is 13.5. The van der Waals surface area contributed by atoms with E-state index in [1.54, 1.807) is 6.07 Å². The highest BCUT2D eigenvalue weighted by Crippen LogP contribution is 2.23. The SMILES string of the molecule is OCCC(O)Cc1cccc(OC(F)(F)F)c1. The van der Waals surface area contributed by atoms with Crippen molar-refractivity contribution in [1.82, 2.24) is 0 Å². The summed E-state index contributed by atoms with van der Waals surface area (Å²) in [5.74, 6) is -0.314. The van der Waals surface area contributed by atoms with Gasteiger partial charge in [-0.05, 0) is 30.5 Å². The maximum absolute atomic E-state index is 12.0. The van der Waals surface area contributed by atoms with E-state index in [1.165, 1.54) is 18.2 Å². The quantitative estimate of drug-likeness (QED) is 0.838. The Labute approximate surface area is 96.5 Å². The molecule has 0 spiro atoms. The van der Waals surface area contributed by atoms with Gasteiger partial charge in [-0.15, -0.1) is 13.2 Å². The molecule has 0 fully saturated rings. The molecule has 0 bridgehead atoms. The average Bonchev–Trinajstić information content (AvgIpc) is 2.15. The summed E-state index contributed by atoms with van der Waals surface area (Å²) in [6.45, 7) is -0.167. The van der Waals surface area contributed by atoms with E-state index in [0.29, 0.717) is 5.56 Å². The summed E-state index contributed by atoms with van der Waals surface area (Å²) in [5.41, 5.74) is 0.521. The van der Waals surface area contributed by atoms with Crippen molar-refractivity contribution in [3.05, 3.63) is 29.8 Å². The lowest BCUT2D eigenvalue weighted by molar-refractivity contribution is -0.274. The van der Waals surface area contributed by atoms with Crippen molar-refractivity contribution in [3.8, 4) is 5.75 Å². The molecule has 1 aromatic carbocycles. The van der Waals surface area contributed by atoms with Gasteiger partial charge in [0.25, 0.3) is 0 Å². The predicted octanol–water partition coefficient (Wildman–Crippen LogP) is 1.87. The molecule has 0 saturated carbocycles. The van der Waals surface area contributed by atoms with E-state index < -0.39 is 12.5 Å². The van der Waals surface area contributed by atoms with E-state index in [2.05, 4.69) is 4.74 Å². The number of benzene rings is 1. The fraction of sp³-hybridized carbons (Fsp3) is 0.455. The first-order chi connectivity index (χ1) is 7.90. The highest BCUT2D eigenvalue weighted by atomic mass is 19.4. The lowest BCUT2D eigenvalue weighted by atomic mass is 10.1. The molecule has 0 saturated heterocycles. The predicted molar refractivity (Wildman–Crippen MR) is 54.5 cm³/mol. The second kappa shape index (κ2) is 5.88. The van der Waals surface area contributed by atoms with Crippen molar-refractivity contribution in [2.45, 2.75) is 25.3 Å². The molecule has 6 heteroatoms. The lowest BCUT2D eigenvalue weighted by Gasteiger charge is -2.12. The van der Waals surface area contributed by atoms with Gasteiger partial charge in [0.15, 0.2) is 0 Å². The molecule has 2 N–H and O–H groups in total. The summed E-state index contributed by atoms with van der Waals surface area (Å²) in [6, 6.07) is 5.41. The number of hydrogen-bond donors (Lipinski definition) is 2. The van der Waals surface area contributed by atoms with Gasteiger partial charge in [0.05, 0.1) is 6.10 Å². The third-order valence-electron chi connectivity index (χ3n) is 2.07. The number of aliphatic hydroxyl groups is 2. The summed E-state index contributed by atoms with van der Waals surface area (Å²) >= 11 is 0. The van der Waals surface area contributed by atoms with Crippen molar-refractivity contribution in [3.63, 3.8) is 0 Å². The van der Waals surface area contributed by atoms with E-state index in [4.69, 9.17) is 5.11 Å². The van der Waals surface area contributed by atoms with Gasteiger partial charge in [-0.2, -0.15) is 0 Å². The Balaban J connectivity index is 2.66. The summed E-state index contributed by atoms with van der Waals surface area (Å²) in [4.78, 5) is 0. The molecule has 0 aliphatic carbocycles. The highest BCUT2D eigenvalue weighted by Gasteiger charge is 2.31. The molecule has 1 atom stereocenters. The van der Waals surface area contributed by atoms with Crippen molar-refractivity contribution in [2.24, 2.45) is 0 Å². The lowest BCUT2D eigenvalue weighted by Crippen LogP contribution is -2.17. The summed E-state index contributed by atoms with van der Waals surface area (Å²) in [6.07, 6.45) is -5.14. The third-order valence-corrected chi connectivity index (χ3v) is 2.07. The van der Waals surface area contributed by atoms with Gasteiger partial charge in [0.1, 0.15) is 5.75 Å². The molecule has 3 nitrogen and oxygen atoms in total. The molecule has 0 aliphatic rings. The molecule has 0 heterocycles. The van der Waals surface area contributed by atoms with Gasteiger partial charge in [-0.1, -0.05) is 12.1 Å². The number of halogens is 3. The maximum Gasteiger partial charge on any atom is 0.573 e. The first-order valence-corrected chi connectivity index (χ1v) is 5.04. The number of hydrogen-bond acceptors (Lipinski definition) is 3. The molecule has 96 valence electrons. The summed E-state index contributed by atoms with van der Waals surface area (Å²) < 4.78 is 39.6. The Bertz CT molecular complexity index is 352. The minimum absolute atomic E-state index is 0.167. The van der Waals surface area contributed by atoms with Crippen LogP contribution in [0.25, 0.3) is 0 Å². The molecular weight excluding hydrogens is 237 g/mol. The molecule has 1 aromatic rings. The van der Waals surface area contributed by atoms with E-state index in [0.717, 1.165) is 0 Å². The number of aliphatic hydroxyl groups excluding tert-OH is 2. The first kappa shape index (κ1) is 13.8. The van der Waals surface area contributed by atoms with Gasteiger partial charge in [0.2, 0.25) is 0 Å². The highest BCUT2D eigenvalue weighted by molar-refractivity contribution is 5.29. The molecule has 0 amide bonds. The van der Waals surface area contributed by atoms with Crippen LogP contribution >= 0.6 is 0 Å². The Morgan fingerprint density at radius 1 is 1.29 bits per heavy atom. The van der Waals surface area contributed by atoms with Crippen molar-refractivity contribution in [1.29, 1.82) is 0 Å². The van der Waals surface area contributed by atoms with Crippen LogP contribution in [0.5, 0.6) is 5.75 Å². The van der Waals surface area contributed by atoms with E-state index in [9.17, 15) is 18.3 Å². The second-order valence-corrected chi connectivity index (χ2v) is 3.57. The van der Waals surface area contributed by atoms with E-state index in [-0.39, 0.29) is 25.2 Å². The molecule has 17 heavy (non-hydrogen) atoms. The zero-order valence-corrected chi connectivity index (χ0v) is 8.94. The van der Waals surface area contributed by atoms with Crippen LogP contribution in [0.1, 0.15) is 12.0 Å². The monoisotopic (exact) mass is 250 g/mol. The summed E-state index contributed by atoms with van der Waals surface area (Å²) in [5, 5.41) is 18.0. The molecule has 0 aromatic heterocycles. The Hall–Kier alpha value is -1.27. The number of ether oxygens (including phenoxy) is 1. The Kier molecular flexibility index (Phi) is 4.77. The minimum Gasteiger partial charge on any atom is -0.406 e. The molecule has 0 aliphatic heterocycles. The fourth-order valence-electron chi connectivity index (χ4n) is 1.39. The molecule has 0 radical (unpaired) electrons. The Morgan fingerprint density at radius 2 is 2.00 bits per heavy atom. The standard InChI is InChI=1S/C11H13F3O3/c12-11(13,14)17-10-3-1-2-8(7-10)6-9(16)4-5-15/h1-3,7,9,15-16H,4-6H2. The zero-order valence-electron chi connectivity index (χ0n) is 8.94. The van der Waals surface area contributed by atoms with Crippen molar-refractivity contribution in [2.75, 3.05) is 6.61 Å². The van der Waals surface area contributed by atoms with Gasteiger partial charge in [-0.3, -0.25) is 0 Å². The Morgan fingerprint density at radius 3 is 2.59 bits per heavy atom. The number of rotatable bonds is 5. The van der Waals surface area contributed by atoms with Gasteiger partial charge in [-0.25, -0.2) is 0 Å². The van der Waals surface area contributed by atoms with Crippen LogP contribution in [0.15, 0.2) is 24.3 Å². The van der Waals surface area contributed by atoms with E-state index in [1.807, 2.05) is 0 Å². The van der Waals surface area contributed by atoms with Crippen LogP contribution in [0.4, 0.5) is 13.2 Å². The number of alkyl halides is 3. The van der Waals surface area contributed by atoms with Crippen molar-refractivity contribution < 1.29 is 28.1 Å². The van der Waals surface area contributed by atoms with Crippen LogP contribution in [-0.2, 0) is 6.42 Å². The third kappa shape index (κ3) is 5.55. The average molecular weight is 250 g/mol. The molecule has 1 rings (SSSR count). The first-order valence-electron chi connectivity index (χ1n) is 5.04. The molecular formula is C11H13F3O3. The van der Waals surface area contributed by atoms with Crippen molar-refractivity contribution >= 4 is 0 Å². The minimum atomic E-state index is -4.72. The van der Waals surface area contributed by atoms with Gasteiger partial charge >= 0.3 is 6.36 Å². The van der Waals surface area contributed by atoms with Crippen LogP contribution in [0, 0.1) is 0 Å². The maximum atomic E-state index is 12.0. The van der Waals surface area contributed by atoms with E-state index >= 15 is 0 Å². The van der Waals surface area contributed by atoms with Crippen LogP contribution < -0.4 is 4.74 Å². The largest absolute Gasteiger partial charge is 0.573 e. The molecule has 1 unspecified atom stereocenters.